The van der Waals surface area contributed by atoms with Gasteiger partial charge in [-0.3, -0.25) is 4.98 Å². The maximum atomic E-state index is 13.3. The average Bonchev–Trinajstić information content (AvgIpc) is 2.77. The smallest absolute Gasteiger partial charge is 0.132 e. The van der Waals surface area contributed by atoms with E-state index in [4.69, 9.17) is 4.98 Å². The van der Waals surface area contributed by atoms with Gasteiger partial charge >= 0.3 is 0 Å². The molecule has 1 aliphatic carbocycles. The van der Waals surface area contributed by atoms with Gasteiger partial charge in [-0.1, -0.05) is 66.7 Å². The predicted octanol–water partition coefficient (Wildman–Crippen LogP) is 5.16. The third-order valence-electron chi connectivity index (χ3n) is 6.10. The zero-order chi connectivity index (χ0) is 20.8. The number of carbonyl (C=O) groups is 1. The van der Waals surface area contributed by atoms with Gasteiger partial charge in [0.25, 0.3) is 0 Å². The molecule has 4 aromatic rings. The van der Waals surface area contributed by atoms with Crippen LogP contribution in [0.5, 0.6) is 0 Å². The molecule has 1 N–H and O–H groups in total. The Balaban J connectivity index is 1.63. The number of carbonyl (C=O) groups excluding carboxylic acids is 1. The number of rotatable bonds is 4. The fourth-order valence-electron chi connectivity index (χ4n) is 4.60. The number of hydrogen-bond acceptors (Lipinski definition) is 3. The Labute approximate surface area is 173 Å². The molecule has 30 heavy (non-hydrogen) atoms. The Morgan fingerprint density at radius 2 is 1.57 bits per heavy atom. The normalized spacial score (nSPS) is 23.1. The topological polar surface area (TPSA) is 50.2 Å². The van der Waals surface area contributed by atoms with Gasteiger partial charge in [0.1, 0.15) is 12.1 Å². The lowest BCUT2D eigenvalue weighted by molar-refractivity contribution is -0.136. The van der Waals surface area contributed by atoms with Crippen molar-refractivity contribution in [1.29, 1.82) is 0 Å². The number of benzene rings is 3. The molecule has 0 bridgehead atoms. The maximum Gasteiger partial charge on any atom is 0.132 e. The highest BCUT2D eigenvalue weighted by Crippen LogP contribution is 2.55. The van der Waals surface area contributed by atoms with Crippen molar-refractivity contribution in [3.8, 4) is 11.3 Å². The molecule has 0 amide bonds. The Kier molecular flexibility index (Phi) is 4.26. The van der Waals surface area contributed by atoms with Crippen LogP contribution in [0.1, 0.15) is 24.1 Å². The van der Waals surface area contributed by atoms with Crippen LogP contribution in [-0.4, -0.2) is 16.4 Å². The standard InChI is InChI=1S/C26H20FNO2/c27-21-12-10-20(11-13-21)26(30)15-25(16-26,17-29)24-22-9-5-4-8-19(22)14-23(28-24)18-6-2-1-3-7-18/h1-14,17,30H,15-16H2. The first-order valence-corrected chi connectivity index (χ1v) is 9.94. The number of fused-ring (bicyclic) bond motifs is 1. The van der Waals surface area contributed by atoms with Crippen LogP contribution in [0, 0.1) is 5.82 Å². The van der Waals surface area contributed by atoms with Crippen molar-refractivity contribution in [3.63, 3.8) is 0 Å². The summed E-state index contributed by atoms with van der Waals surface area (Å²) in [5.74, 6) is -0.355. The number of pyridine rings is 1. The number of nitrogens with zero attached hydrogens (tertiary/aromatic N) is 1. The van der Waals surface area contributed by atoms with E-state index in [2.05, 4.69) is 0 Å². The molecule has 1 heterocycles. The largest absolute Gasteiger partial charge is 0.385 e. The zero-order valence-electron chi connectivity index (χ0n) is 16.3. The summed E-state index contributed by atoms with van der Waals surface area (Å²) in [6.45, 7) is 0. The van der Waals surface area contributed by atoms with E-state index < -0.39 is 11.0 Å². The van der Waals surface area contributed by atoms with Crippen molar-refractivity contribution < 1.29 is 14.3 Å². The highest BCUT2D eigenvalue weighted by Gasteiger charge is 2.57. The lowest BCUT2D eigenvalue weighted by atomic mass is 9.55. The van der Waals surface area contributed by atoms with Crippen molar-refractivity contribution in [2.24, 2.45) is 0 Å². The van der Waals surface area contributed by atoms with Crippen LogP contribution in [0.15, 0.2) is 84.9 Å². The molecule has 0 spiro atoms. The summed E-state index contributed by atoms with van der Waals surface area (Å²) in [6, 6.07) is 25.6. The van der Waals surface area contributed by atoms with Crippen molar-refractivity contribution in [2.75, 3.05) is 0 Å². The van der Waals surface area contributed by atoms with Gasteiger partial charge in [0.05, 0.1) is 22.4 Å². The molecule has 0 radical (unpaired) electrons. The number of aliphatic hydroxyl groups is 1. The molecule has 1 aliphatic rings. The molecular weight excluding hydrogens is 377 g/mol. The Hall–Kier alpha value is -3.37. The van der Waals surface area contributed by atoms with Crippen molar-refractivity contribution >= 4 is 17.1 Å². The Morgan fingerprint density at radius 3 is 2.27 bits per heavy atom. The summed E-state index contributed by atoms with van der Waals surface area (Å²) < 4.78 is 13.3. The number of aldehydes is 1. The fourth-order valence-corrected chi connectivity index (χ4v) is 4.60. The second-order valence-electron chi connectivity index (χ2n) is 8.11. The first-order chi connectivity index (χ1) is 14.5. The molecule has 5 rings (SSSR count). The molecule has 1 fully saturated rings. The highest BCUT2D eigenvalue weighted by atomic mass is 19.1. The number of halogens is 1. The van der Waals surface area contributed by atoms with E-state index in [1.807, 2.05) is 60.7 Å². The van der Waals surface area contributed by atoms with Crippen LogP contribution < -0.4 is 0 Å². The molecule has 4 heteroatoms. The van der Waals surface area contributed by atoms with Crippen molar-refractivity contribution in [3.05, 3.63) is 102 Å². The van der Waals surface area contributed by atoms with Gasteiger partial charge in [-0.15, -0.1) is 0 Å². The third-order valence-corrected chi connectivity index (χ3v) is 6.10. The predicted molar refractivity (Wildman–Crippen MR) is 114 cm³/mol. The average molecular weight is 397 g/mol. The maximum absolute atomic E-state index is 13.3. The molecule has 0 atom stereocenters. The summed E-state index contributed by atoms with van der Waals surface area (Å²) in [5, 5.41) is 13.1. The molecule has 1 saturated carbocycles. The second-order valence-corrected chi connectivity index (χ2v) is 8.11. The van der Waals surface area contributed by atoms with Gasteiger partial charge in [-0.2, -0.15) is 0 Å². The first kappa shape index (κ1) is 18.6. The minimum atomic E-state index is -1.18. The molecule has 148 valence electrons. The highest BCUT2D eigenvalue weighted by molar-refractivity contribution is 5.92. The van der Waals surface area contributed by atoms with Gasteiger partial charge in [-0.05, 0) is 42.0 Å². The quantitative estimate of drug-likeness (QED) is 0.484. The molecule has 0 unspecified atom stereocenters. The first-order valence-electron chi connectivity index (χ1n) is 9.94. The summed E-state index contributed by atoms with van der Waals surface area (Å²) in [6.07, 6.45) is 1.34. The van der Waals surface area contributed by atoms with Gasteiger partial charge in [-0.25, -0.2) is 4.39 Å². The van der Waals surface area contributed by atoms with Crippen LogP contribution in [0.2, 0.25) is 0 Å². The summed E-state index contributed by atoms with van der Waals surface area (Å²) in [5.41, 5.74) is 0.987. The van der Waals surface area contributed by atoms with E-state index in [0.29, 0.717) is 11.3 Å². The lowest BCUT2D eigenvalue weighted by Gasteiger charge is -2.50. The minimum absolute atomic E-state index is 0.213. The second kappa shape index (κ2) is 6.85. The van der Waals surface area contributed by atoms with E-state index in [1.165, 1.54) is 12.1 Å². The Bertz CT molecular complexity index is 1230. The van der Waals surface area contributed by atoms with Gasteiger partial charge < -0.3 is 9.90 Å². The van der Waals surface area contributed by atoms with Crippen molar-refractivity contribution in [2.45, 2.75) is 23.9 Å². The van der Waals surface area contributed by atoms with E-state index in [-0.39, 0.29) is 18.7 Å². The monoisotopic (exact) mass is 397 g/mol. The molecule has 0 saturated heterocycles. The van der Waals surface area contributed by atoms with Crippen molar-refractivity contribution in [1.82, 2.24) is 4.98 Å². The van der Waals surface area contributed by atoms with Crippen LogP contribution in [0.25, 0.3) is 22.0 Å². The zero-order valence-corrected chi connectivity index (χ0v) is 16.3. The lowest BCUT2D eigenvalue weighted by Crippen LogP contribution is -2.54. The molecule has 3 aromatic carbocycles. The molecule has 0 aliphatic heterocycles. The van der Waals surface area contributed by atoms with E-state index in [0.717, 1.165) is 28.3 Å². The number of aromatic nitrogens is 1. The Morgan fingerprint density at radius 1 is 0.900 bits per heavy atom. The molecule has 1 aromatic heterocycles. The van der Waals surface area contributed by atoms with Crippen LogP contribution in [-0.2, 0) is 15.8 Å². The van der Waals surface area contributed by atoms with E-state index in [9.17, 15) is 14.3 Å². The SMILES string of the molecule is O=CC1(c2nc(-c3ccccc3)cc3ccccc23)CC(O)(c2ccc(F)cc2)C1. The summed E-state index contributed by atoms with van der Waals surface area (Å²) >= 11 is 0. The number of hydrogen-bond donors (Lipinski definition) is 1. The van der Waals surface area contributed by atoms with E-state index in [1.54, 1.807) is 12.1 Å². The van der Waals surface area contributed by atoms with E-state index >= 15 is 0 Å². The summed E-state index contributed by atoms with van der Waals surface area (Å²) in [4.78, 5) is 17.3. The summed E-state index contributed by atoms with van der Waals surface area (Å²) in [7, 11) is 0. The van der Waals surface area contributed by atoms with Gasteiger partial charge in [0, 0.05) is 10.9 Å². The minimum Gasteiger partial charge on any atom is -0.385 e. The molecular formula is C26H20FNO2. The van der Waals surface area contributed by atoms with Crippen LogP contribution in [0.3, 0.4) is 0 Å². The van der Waals surface area contributed by atoms with Gasteiger partial charge in [0.15, 0.2) is 0 Å². The van der Waals surface area contributed by atoms with Crippen LogP contribution >= 0.6 is 0 Å². The van der Waals surface area contributed by atoms with Crippen LogP contribution in [0.4, 0.5) is 4.39 Å². The fraction of sp³-hybridized carbons (Fsp3) is 0.154. The molecule has 3 nitrogen and oxygen atoms in total. The third kappa shape index (κ3) is 2.92. The van der Waals surface area contributed by atoms with Gasteiger partial charge in [0.2, 0.25) is 0 Å².